The summed E-state index contributed by atoms with van der Waals surface area (Å²) in [4.78, 5) is 7.13. The molecule has 2 heterocycles. The summed E-state index contributed by atoms with van der Waals surface area (Å²) in [6.45, 7) is 2.30. The number of fused-ring (bicyclic) bond motifs is 1. The Morgan fingerprint density at radius 3 is 2.65 bits per heavy atom. The standard InChI is InChI=1S/C13H17N3S/c14-10-5-6-11-12(9-10)17-13(15-11)16-7-3-1-2-4-8-16/h5-6,9H,1-4,7-8,14H2. The Balaban J connectivity index is 1.93. The van der Waals surface area contributed by atoms with Crippen LogP contribution in [-0.4, -0.2) is 18.1 Å². The summed E-state index contributed by atoms with van der Waals surface area (Å²) in [5.41, 5.74) is 7.70. The van der Waals surface area contributed by atoms with Crippen LogP contribution in [0, 0.1) is 0 Å². The van der Waals surface area contributed by atoms with Gasteiger partial charge in [-0.2, -0.15) is 0 Å². The molecular formula is C13H17N3S. The van der Waals surface area contributed by atoms with E-state index in [1.165, 1.54) is 30.4 Å². The molecule has 0 atom stereocenters. The number of benzene rings is 1. The molecule has 0 saturated carbocycles. The van der Waals surface area contributed by atoms with Gasteiger partial charge in [-0.1, -0.05) is 24.2 Å². The molecule has 0 radical (unpaired) electrons. The van der Waals surface area contributed by atoms with Gasteiger partial charge in [0.1, 0.15) is 0 Å². The Morgan fingerprint density at radius 1 is 1.12 bits per heavy atom. The fourth-order valence-corrected chi connectivity index (χ4v) is 3.39. The lowest BCUT2D eigenvalue weighted by Gasteiger charge is -2.18. The number of rotatable bonds is 1. The summed E-state index contributed by atoms with van der Waals surface area (Å²) in [7, 11) is 0. The minimum absolute atomic E-state index is 0.823. The molecule has 17 heavy (non-hydrogen) atoms. The molecule has 4 heteroatoms. The normalized spacial score (nSPS) is 17.3. The van der Waals surface area contributed by atoms with E-state index < -0.39 is 0 Å². The highest BCUT2D eigenvalue weighted by Crippen LogP contribution is 2.31. The Hall–Kier alpha value is -1.29. The molecule has 1 aliphatic rings. The molecule has 3 nitrogen and oxygen atoms in total. The van der Waals surface area contributed by atoms with E-state index in [-0.39, 0.29) is 0 Å². The third-order valence-electron chi connectivity index (χ3n) is 3.28. The minimum atomic E-state index is 0.823. The van der Waals surface area contributed by atoms with Crippen molar-refractivity contribution in [2.45, 2.75) is 25.7 Å². The Bertz CT molecular complexity index is 512. The number of hydrogen-bond donors (Lipinski definition) is 1. The van der Waals surface area contributed by atoms with Gasteiger partial charge in [0.05, 0.1) is 10.2 Å². The average Bonchev–Trinajstić information content (AvgIpc) is 2.57. The molecule has 1 aromatic heterocycles. The lowest BCUT2D eigenvalue weighted by molar-refractivity contribution is 0.726. The molecule has 2 aromatic rings. The third kappa shape index (κ3) is 2.22. The highest BCUT2D eigenvalue weighted by atomic mass is 32.1. The fourth-order valence-electron chi connectivity index (χ4n) is 2.33. The van der Waals surface area contributed by atoms with Crippen LogP contribution in [0.5, 0.6) is 0 Å². The second-order valence-corrected chi connectivity index (χ2v) is 5.63. The molecule has 1 fully saturated rings. The number of hydrogen-bond acceptors (Lipinski definition) is 4. The first-order valence-electron chi connectivity index (χ1n) is 6.24. The van der Waals surface area contributed by atoms with Crippen LogP contribution in [0.4, 0.5) is 10.8 Å². The zero-order valence-corrected chi connectivity index (χ0v) is 10.7. The van der Waals surface area contributed by atoms with Gasteiger partial charge < -0.3 is 10.6 Å². The molecule has 1 aromatic carbocycles. The summed E-state index contributed by atoms with van der Waals surface area (Å²) in [5, 5.41) is 1.16. The van der Waals surface area contributed by atoms with Crippen LogP contribution in [0.2, 0.25) is 0 Å². The molecular weight excluding hydrogens is 230 g/mol. The third-order valence-corrected chi connectivity index (χ3v) is 4.36. The van der Waals surface area contributed by atoms with E-state index in [0.717, 1.165) is 29.4 Å². The highest BCUT2D eigenvalue weighted by Gasteiger charge is 2.14. The SMILES string of the molecule is Nc1ccc2nc(N3CCCCCC3)sc2c1. The number of thiazole rings is 1. The number of aromatic nitrogens is 1. The van der Waals surface area contributed by atoms with Crippen molar-refractivity contribution in [1.29, 1.82) is 0 Å². The number of nitrogen functional groups attached to an aromatic ring is 1. The van der Waals surface area contributed by atoms with E-state index in [0.29, 0.717) is 0 Å². The maximum Gasteiger partial charge on any atom is 0.186 e. The van der Waals surface area contributed by atoms with Crippen molar-refractivity contribution in [3.8, 4) is 0 Å². The summed E-state index contributed by atoms with van der Waals surface area (Å²) in [5.74, 6) is 0. The molecule has 1 saturated heterocycles. The van der Waals surface area contributed by atoms with Crippen LogP contribution >= 0.6 is 11.3 Å². The van der Waals surface area contributed by atoms with Crippen molar-refractivity contribution in [2.75, 3.05) is 23.7 Å². The van der Waals surface area contributed by atoms with E-state index in [2.05, 4.69) is 4.90 Å². The topological polar surface area (TPSA) is 42.1 Å². The molecule has 0 amide bonds. The van der Waals surface area contributed by atoms with Crippen molar-refractivity contribution < 1.29 is 0 Å². The van der Waals surface area contributed by atoms with Crippen LogP contribution in [-0.2, 0) is 0 Å². The van der Waals surface area contributed by atoms with Crippen molar-refractivity contribution in [3.63, 3.8) is 0 Å². The average molecular weight is 247 g/mol. The number of anilines is 2. The van der Waals surface area contributed by atoms with Gasteiger partial charge in [-0.25, -0.2) is 4.98 Å². The molecule has 0 spiro atoms. The van der Waals surface area contributed by atoms with Crippen LogP contribution < -0.4 is 10.6 Å². The van der Waals surface area contributed by atoms with Crippen molar-refractivity contribution in [3.05, 3.63) is 18.2 Å². The van der Waals surface area contributed by atoms with Crippen LogP contribution in [0.25, 0.3) is 10.2 Å². The summed E-state index contributed by atoms with van der Waals surface area (Å²) in [6, 6.07) is 5.96. The van der Waals surface area contributed by atoms with Crippen molar-refractivity contribution in [1.82, 2.24) is 4.98 Å². The predicted molar refractivity (Wildman–Crippen MR) is 74.7 cm³/mol. The van der Waals surface area contributed by atoms with Gasteiger partial charge in [0.15, 0.2) is 5.13 Å². The maximum atomic E-state index is 5.80. The first-order chi connectivity index (χ1) is 8.33. The lowest BCUT2D eigenvalue weighted by Crippen LogP contribution is -2.23. The molecule has 90 valence electrons. The summed E-state index contributed by atoms with van der Waals surface area (Å²) >= 11 is 1.76. The second-order valence-electron chi connectivity index (χ2n) is 4.62. The smallest absolute Gasteiger partial charge is 0.186 e. The maximum absolute atomic E-state index is 5.80. The molecule has 2 N–H and O–H groups in total. The predicted octanol–water partition coefficient (Wildman–Crippen LogP) is 3.26. The van der Waals surface area contributed by atoms with Gasteiger partial charge in [-0.3, -0.25) is 0 Å². The van der Waals surface area contributed by atoms with Crippen LogP contribution in [0.15, 0.2) is 18.2 Å². The van der Waals surface area contributed by atoms with Crippen LogP contribution in [0.1, 0.15) is 25.7 Å². The quantitative estimate of drug-likeness (QED) is 0.786. The highest BCUT2D eigenvalue weighted by molar-refractivity contribution is 7.22. The fraction of sp³-hybridized carbons (Fsp3) is 0.462. The Morgan fingerprint density at radius 2 is 1.88 bits per heavy atom. The summed E-state index contributed by atoms with van der Waals surface area (Å²) in [6.07, 6.45) is 5.29. The zero-order chi connectivity index (χ0) is 11.7. The minimum Gasteiger partial charge on any atom is -0.399 e. The van der Waals surface area contributed by atoms with E-state index in [1.807, 2.05) is 18.2 Å². The molecule has 3 rings (SSSR count). The van der Waals surface area contributed by atoms with Gasteiger partial charge in [0.2, 0.25) is 0 Å². The first kappa shape index (κ1) is 10.8. The second kappa shape index (κ2) is 4.53. The van der Waals surface area contributed by atoms with Crippen molar-refractivity contribution in [2.24, 2.45) is 0 Å². The Labute approximate surface area is 105 Å². The van der Waals surface area contributed by atoms with Gasteiger partial charge in [0, 0.05) is 18.8 Å². The van der Waals surface area contributed by atoms with Crippen LogP contribution in [0.3, 0.4) is 0 Å². The molecule has 0 unspecified atom stereocenters. The van der Waals surface area contributed by atoms with Gasteiger partial charge >= 0.3 is 0 Å². The zero-order valence-electron chi connectivity index (χ0n) is 9.85. The monoisotopic (exact) mass is 247 g/mol. The van der Waals surface area contributed by atoms with E-state index in [9.17, 15) is 0 Å². The van der Waals surface area contributed by atoms with E-state index in [4.69, 9.17) is 10.7 Å². The van der Waals surface area contributed by atoms with Gasteiger partial charge in [-0.05, 0) is 31.0 Å². The van der Waals surface area contributed by atoms with Gasteiger partial charge in [-0.15, -0.1) is 0 Å². The lowest BCUT2D eigenvalue weighted by atomic mass is 10.2. The van der Waals surface area contributed by atoms with Gasteiger partial charge in [0.25, 0.3) is 0 Å². The van der Waals surface area contributed by atoms with Crippen molar-refractivity contribution >= 4 is 32.4 Å². The number of nitrogens with two attached hydrogens (primary N) is 1. The summed E-state index contributed by atoms with van der Waals surface area (Å²) < 4.78 is 1.20. The molecule has 1 aliphatic heterocycles. The largest absolute Gasteiger partial charge is 0.399 e. The van der Waals surface area contributed by atoms with E-state index in [1.54, 1.807) is 11.3 Å². The van der Waals surface area contributed by atoms with E-state index >= 15 is 0 Å². The number of nitrogens with zero attached hydrogens (tertiary/aromatic N) is 2. The Kier molecular flexibility index (Phi) is 2.89. The molecule has 0 aliphatic carbocycles. The molecule has 0 bridgehead atoms. The first-order valence-corrected chi connectivity index (χ1v) is 7.05.